The maximum Gasteiger partial charge on any atom is 0.0989 e. The molecule has 2 aliphatic carbocycles. The Bertz CT molecular complexity index is 248. The van der Waals surface area contributed by atoms with Gasteiger partial charge in [-0.1, -0.05) is 26.2 Å². The molecule has 0 radical (unpaired) electrons. The zero-order valence-corrected chi connectivity index (χ0v) is 11.5. The fourth-order valence-electron chi connectivity index (χ4n) is 3.62. The van der Waals surface area contributed by atoms with Gasteiger partial charge in [-0.2, -0.15) is 0 Å². The van der Waals surface area contributed by atoms with Gasteiger partial charge in [0.05, 0.1) is 5.84 Å². The number of nitrogens with zero attached hydrogens (tertiary/aromatic N) is 1. The standard InChI is InChI=1S/C15H28N2/c1-3-12-8-10-14(11-9-12)17(2)15(16)13-6-4-5-7-13/h12-14,16H,3-11H2,1-2H3. The second kappa shape index (κ2) is 5.88. The number of nitrogens with one attached hydrogen (secondary N) is 1. The lowest BCUT2D eigenvalue weighted by atomic mass is 9.83. The Morgan fingerprint density at radius 3 is 2.18 bits per heavy atom. The summed E-state index contributed by atoms with van der Waals surface area (Å²) in [5.41, 5.74) is 0. The smallest absolute Gasteiger partial charge is 0.0989 e. The van der Waals surface area contributed by atoms with E-state index in [4.69, 9.17) is 5.41 Å². The van der Waals surface area contributed by atoms with Crippen molar-refractivity contribution in [3.63, 3.8) is 0 Å². The Morgan fingerprint density at radius 2 is 1.65 bits per heavy atom. The molecule has 0 spiro atoms. The zero-order chi connectivity index (χ0) is 12.3. The van der Waals surface area contributed by atoms with E-state index in [-0.39, 0.29) is 0 Å². The van der Waals surface area contributed by atoms with Crippen molar-refractivity contribution in [1.29, 1.82) is 5.41 Å². The van der Waals surface area contributed by atoms with Crippen molar-refractivity contribution in [3.8, 4) is 0 Å². The van der Waals surface area contributed by atoms with Crippen molar-refractivity contribution < 1.29 is 0 Å². The molecule has 98 valence electrons. The fraction of sp³-hybridized carbons (Fsp3) is 0.933. The molecular weight excluding hydrogens is 208 g/mol. The third kappa shape index (κ3) is 3.02. The molecule has 17 heavy (non-hydrogen) atoms. The van der Waals surface area contributed by atoms with Gasteiger partial charge in [-0.25, -0.2) is 0 Å². The highest BCUT2D eigenvalue weighted by molar-refractivity contribution is 5.81. The second-order valence-corrected chi connectivity index (χ2v) is 6.06. The summed E-state index contributed by atoms with van der Waals surface area (Å²) in [6, 6.07) is 0.658. The van der Waals surface area contributed by atoms with E-state index in [2.05, 4.69) is 18.9 Å². The maximum absolute atomic E-state index is 8.35. The summed E-state index contributed by atoms with van der Waals surface area (Å²) in [4.78, 5) is 2.31. The van der Waals surface area contributed by atoms with E-state index in [0.29, 0.717) is 12.0 Å². The van der Waals surface area contributed by atoms with Crippen molar-refractivity contribution in [1.82, 2.24) is 4.90 Å². The molecule has 0 heterocycles. The first-order valence-corrected chi connectivity index (χ1v) is 7.53. The summed E-state index contributed by atoms with van der Waals surface area (Å²) < 4.78 is 0. The zero-order valence-electron chi connectivity index (χ0n) is 11.5. The summed E-state index contributed by atoms with van der Waals surface area (Å²) in [6.07, 6.45) is 11.9. The van der Waals surface area contributed by atoms with Gasteiger partial charge in [-0.3, -0.25) is 5.41 Å². The van der Waals surface area contributed by atoms with Crippen molar-refractivity contribution in [2.75, 3.05) is 7.05 Å². The summed E-state index contributed by atoms with van der Waals surface area (Å²) in [7, 11) is 2.16. The molecule has 1 N–H and O–H groups in total. The van der Waals surface area contributed by atoms with Crippen molar-refractivity contribution in [3.05, 3.63) is 0 Å². The average molecular weight is 236 g/mol. The summed E-state index contributed by atoms with van der Waals surface area (Å²) >= 11 is 0. The number of hydrogen-bond acceptors (Lipinski definition) is 1. The minimum atomic E-state index is 0.573. The highest BCUT2D eigenvalue weighted by atomic mass is 15.2. The molecular formula is C15H28N2. The lowest BCUT2D eigenvalue weighted by molar-refractivity contribution is 0.219. The van der Waals surface area contributed by atoms with E-state index in [9.17, 15) is 0 Å². The van der Waals surface area contributed by atoms with Gasteiger partial charge >= 0.3 is 0 Å². The van der Waals surface area contributed by atoms with Crippen LogP contribution in [0.3, 0.4) is 0 Å². The van der Waals surface area contributed by atoms with Gasteiger partial charge in [0.25, 0.3) is 0 Å². The molecule has 2 saturated carbocycles. The minimum Gasteiger partial charge on any atom is -0.360 e. The van der Waals surface area contributed by atoms with Crippen LogP contribution in [0.2, 0.25) is 0 Å². The van der Waals surface area contributed by atoms with E-state index < -0.39 is 0 Å². The molecule has 0 atom stereocenters. The lowest BCUT2D eigenvalue weighted by Crippen LogP contribution is -2.41. The molecule has 0 bridgehead atoms. The Hall–Kier alpha value is -0.530. The third-order valence-corrected chi connectivity index (χ3v) is 5.06. The Balaban J connectivity index is 1.83. The minimum absolute atomic E-state index is 0.573. The third-order valence-electron chi connectivity index (χ3n) is 5.06. The predicted molar refractivity (Wildman–Crippen MR) is 73.5 cm³/mol. The largest absolute Gasteiger partial charge is 0.360 e. The van der Waals surface area contributed by atoms with Gasteiger partial charge in [0.2, 0.25) is 0 Å². The molecule has 0 aliphatic heterocycles. The first-order valence-electron chi connectivity index (χ1n) is 7.53. The topological polar surface area (TPSA) is 27.1 Å². The SMILES string of the molecule is CCC1CCC(N(C)C(=N)C2CCCC2)CC1. The molecule has 2 nitrogen and oxygen atoms in total. The van der Waals surface area contributed by atoms with E-state index >= 15 is 0 Å². The van der Waals surface area contributed by atoms with Crippen LogP contribution < -0.4 is 0 Å². The van der Waals surface area contributed by atoms with Crippen molar-refractivity contribution in [2.24, 2.45) is 11.8 Å². The quantitative estimate of drug-likeness (QED) is 0.581. The van der Waals surface area contributed by atoms with E-state index in [1.54, 1.807) is 0 Å². The molecule has 0 amide bonds. The van der Waals surface area contributed by atoms with E-state index in [1.807, 2.05) is 0 Å². The Kier molecular flexibility index (Phi) is 4.47. The lowest BCUT2D eigenvalue weighted by Gasteiger charge is -2.37. The highest BCUT2D eigenvalue weighted by Gasteiger charge is 2.28. The van der Waals surface area contributed by atoms with Crippen molar-refractivity contribution >= 4 is 5.84 Å². The molecule has 0 aromatic carbocycles. The second-order valence-electron chi connectivity index (χ2n) is 6.06. The molecule has 2 fully saturated rings. The van der Waals surface area contributed by atoms with Crippen LogP contribution in [0.1, 0.15) is 64.7 Å². The molecule has 0 aromatic rings. The predicted octanol–water partition coefficient (Wildman–Crippen LogP) is 4.05. The number of amidine groups is 1. The molecule has 2 heteroatoms. The number of hydrogen-bond donors (Lipinski definition) is 1. The first-order chi connectivity index (χ1) is 8.22. The summed E-state index contributed by atoms with van der Waals surface area (Å²) in [6.45, 7) is 2.31. The van der Waals surface area contributed by atoms with Gasteiger partial charge in [-0.05, 0) is 44.4 Å². The summed E-state index contributed by atoms with van der Waals surface area (Å²) in [5, 5.41) is 8.35. The highest BCUT2D eigenvalue weighted by Crippen LogP contribution is 2.32. The van der Waals surface area contributed by atoms with Crippen LogP contribution >= 0.6 is 0 Å². The molecule has 2 rings (SSSR count). The van der Waals surface area contributed by atoms with E-state index in [0.717, 1.165) is 11.8 Å². The first kappa shape index (κ1) is 12.9. The fourth-order valence-corrected chi connectivity index (χ4v) is 3.62. The maximum atomic E-state index is 8.35. The van der Waals surface area contributed by atoms with Crippen molar-refractivity contribution in [2.45, 2.75) is 70.8 Å². The molecule has 2 aliphatic rings. The monoisotopic (exact) mass is 236 g/mol. The van der Waals surface area contributed by atoms with Gasteiger partial charge in [0.1, 0.15) is 0 Å². The van der Waals surface area contributed by atoms with Gasteiger partial charge in [0, 0.05) is 19.0 Å². The molecule has 0 unspecified atom stereocenters. The number of rotatable bonds is 3. The Morgan fingerprint density at radius 1 is 1.06 bits per heavy atom. The van der Waals surface area contributed by atoms with Crippen LogP contribution in [0.25, 0.3) is 0 Å². The molecule has 0 saturated heterocycles. The Labute approximate surface area is 106 Å². The van der Waals surface area contributed by atoms with E-state index in [1.165, 1.54) is 57.8 Å². The summed E-state index contributed by atoms with van der Waals surface area (Å²) in [5.74, 6) is 2.46. The normalized spacial score (nSPS) is 30.5. The average Bonchev–Trinajstić information content (AvgIpc) is 2.91. The van der Waals surface area contributed by atoms with Crippen LogP contribution in [0.5, 0.6) is 0 Å². The van der Waals surface area contributed by atoms with Crippen LogP contribution in [-0.4, -0.2) is 23.8 Å². The van der Waals surface area contributed by atoms with Gasteiger partial charge in [-0.15, -0.1) is 0 Å². The van der Waals surface area contributed by atoms with Gasteiger partial charge < -0.3 is 4.90 Å². The van der Waals surface area contributed by atoms with Crippen LogP contribution in [0.4, 0.5) is 0 Å². The van der Waals surface area contributed by atoms with Crippen LogP contribution in [0, 0.1) is 17.2 Å². The molecule has 0 aromatic heterocycles. The van der Waals surface area contributed by atoms with Gasteiger partial charge in [0.15, 0.2) is 0 Å². The van der Waals surface area contributed by atoms with Crippen LogP contribution in [0.15, 0.2) is 0 Å². The van der Waals surface area contributed by atoms with Crippen LogP contribution in [-0.2, 0) is 0 Å².